The maximum atomic E-state index is 9.14. The molecule has 2 nitrogen and oxygen atoms in total. The van der Waals surface area contributed by atoms with Crippen molar-refractivity contribution in [1.29, 1.82) is 0 Å². The van der Waals surface area contributed by atoms with Crippen molar-refractivity contribution in [3.8, 4) is 0 Å². The molecule has 2 heteroatoms. The van der Waals surface area contributed by atoms with Gasteiger partial charge in [-0.3, -0.25) is 0 Å². The van der Waals surface area contributed by atoms with Crippen LogP contribution in [0.2, 0.25) is 0 Å². The van der Waals surface area contributed by atoms with E-state index in [1.807, 2.05) is 7.05 Å². The lowest BCUT2D eigenvalue weighted by Gasteiger charge is -2.13. The summed E-state index contributed by atoms with van der Waals surface area (Å²) in [6.07, 6.45) is 0. The Morgan fingerprint density at radius 2 is 1.92 bits per heavy atom. The largest absolute Gasteiger partial charge is 0.396 e. The van der Waals surface area contributed by atoms with Gasteiger partial charge in [0.05, 0.1) is 6.61 Å². The Labute approximate surface area is 79.6 Å². The second-order valence-corrected chi connectivity index (χ2v) is 3.35. The SMILES string of the molecule is CNCC(CO)c1ccc(C)cc1. The van der Waals surface area contributed by atoms with Crippen LogP contribution in [-0.4, -0.2) is 25.3 Å². The maximum Gasteiger partial charge on any atom is 0.0511 e. The Bertz CT molecular complexity index is 243. The van der Waals surface area contributed by atoms with Gasteiger partial charge in [0.2, 0.25) is 0 Å². The van der Waals surface area contributed by atoms with E-state index < -0.39 is 0 Å². The molecule has 0 radical (unpaired) electrons. The highest BCUT2D eigenvalue weighted by Crippen LogP contribution is 2.14. The third-order valence-electron chi connectivity index (χ3n) is 2.22. The lowest BCUT2D eigenvalue weighted by Crippen LogP contribution is -2.19. The molecule has 1 unspecified atom stereocenters. The van der Waals surface area contributed by atoms with E-state index in [1.165, 1.54) is 11.1 Å². The standard InChI is InChI=1S/C11H17NO/c1-9-3-5-10(6-4-9)11(8-13)7-12-2/h3-6,11-13H,7-8H2,1-2H3. The van der Waals surface area contributed by atoms with Gasteiger partial charge in [0, 0.05) is 12.5 Å². The summed E-state index contributed by atoms with van der Waals surface area (Å²) in [5.74, 6) is 0.214. The molecule has 0 aliphatic heterocycles. The molecule has 1 atom stereocenters. The minimum Gasteiger partial charge on any atom is -0.396 e. The molecule has 0 aromatic heterocycles. The van der Waals surface area contributed by atoms with Gasteiger partial charge in [0.15, 0.2) is 0 Å². The molecule has 1 rings (SSSR count). The van der Waals surface area contributed by atoms with Gasteiger partial charge in [0.25, 0.3) is 0 Å². The summed E-state index contributed by atoms with van der Waals surface area (Å²) in [4.78, 5) is 0. The summed E-state index contributed by atoms with van der Waals surface area (Å²) in [6.45, 7) is 3.08. The van der Waals surface area contributed by atoms with Crippen LogP contribution in [0.5, 0.6) is 0 Å². The van der Waals surface area contributed by atoms with Gasteiger partial charge in [-0.2, -0.15) is 0 Å². The average Bonchev–Trinajstić information content (AvgIpc) is 2.16. The van der Waals surface area contributed by atoms with Gasteiger partial charge in [-0.25, -0.2) is 0 Å². The highest BCUT2D eigenvalue weighted by atomic mass is 16.3. The molecular formula is C11H17NO. The fourth-order valence-electron chi connectivity index (χ4n) is 1.37. The summed E-state index contributed by atoms with van der Waals surface area (Å²) in [7, 11) is 1.90. The number of nitrogens with one attached hydrogen (secondary N) is 1. The third-order valence-corrected chi connectivity index (χ3v) is 2.22. The van der Waals surface area contributed by atoms with E-state index in [-0.39, 0.29) is 12.5 Å². The lowest BCUT2D eigenvalue weighted by atomic mass is 9.99. The molecule has 2 N–H and O–H groups in total. The normalized spacial score (nSPS) is 12.8. The van der Waals surface area contributed by atoms with Crippen LogP contribution in [0.4, 0.5) is 0 Å². The van der Waals surface area contributed by atoms with Crippen molar-refractivity contribution >= 4 is 0 Å². The number of likely N-dealkylation sites (N-methyl/N-ethyl adjacent to an activating group) is 1. The summed E-state index contributed by atoms with van der Waals surface area (Å²) in [6, 6.07) is 8.31. The first kappa shape index (κ1) is 10.2. The van der Waals surface area contributed by atoms with Gasteiger partial charge >= 0.3 is 0 Å². The molecule has 72 valence electrons. The van der Waals surface area contributed by atoms with E-state index in [0.29, 0.717) is 0 Å². The van der Waals surface area contributed by atoms with Crippen LogP contribution in [0.3, 0.4) is 0 Å². The van der Waals surface area contributed by atoms with Crippen LogP contribution in [-0.2, 0) is 0 Å². The van der Waals surface area contributed by atoms with E-state index >= 15 is 0 Å². The predicted octanol–water partition coefficient (Wildman–Crippen LogP) is 1.29. The molecular weight excluding hydrogens is 162 g/mol. The van der Waals surface area contributed by atoms with E-state index in [2.05, 4.69) is 36.5 Å². The molecule has 0 amide bonds. The topological polar surface area (TPSA) is 32.3 Å². The van der Waals surface area contributed by atoms with Crippen molar-refractivity contribution in [2.24, 2.45) is 0 Å². The molecule has 0 aliphatic rings. The van der Waals surface area contributed by atoms with Crippen LogP contribution in [0.15, 0.2) is 24.3 Å². The fraction of sp³-hybridized carbons (Fsp3) is 0.455. The fourth-order valence-corrected chi connectivity index (χ4v) is 1.37. The van der Waals surface area contributed by atoms with Crippen molar-refractivity contribution in [1.82, 2.24) is 5.32 Å². The monoisotopic (exact) mass is 179 g/mol. The molecule has 13 heavy (non-hydrogen) atoms. The molecule has 0 fully saturated rings. The third kappa shape index (κ3) is 2.83. The number of benzene rings is 1. The highest BCUT2D eigenvalue weighted by Gasteiger charge is 2.07. The maximum absolute atomic E-state index is 9.14. The number of rotatable bonds is 4. The Hall–Kier alpha value is -0.860. The first-order chi connectivity index (χ1) is 6.27. The quantitative estimate of drug-likeness (QED) is 0.730. The molecule has 0 saturated carbocycles. The van der Waals surface area contributed by atoms with Gasteiger partial charge in [-0.15, -0.1) is 0 Å². The van der Waals surface area contributed by atoms with Gasteiger partial charge in [0.1, 0.15) is 0 Å². The molecule has 0 saturated heterocycles. The smallest absolute Gasteiger partial charge is 0.0511 e. The summed E-state index contributed by atoms with van der Waals surface area (Å²) >= 11 is 0. The van der Waals surface area contributed by atoms with Gasteiger partial charge < -0.3 is 10.4 Å². The Morgan fingerprint density at radius 1 is 1.31 bits per heavy atom. The zero-order chi connectivity index (χ0) is 9.68. The van der Waals surface area contributed by atoms with Crippen molar-refractivity contribution in [2.75, 3.05) is 20.2 Å². The number of aliphatic hydroxyl groups excluding tert-OH is 1. The Kier molecular flexibility index (Phi) is 3.93. The second kappa shape index (κ2) is 5.00. The Balaban J connectivity index is 2.73. The van der Waals surface area contributed by atoms with E-state index in [1.54, 1.807) is 0 Å². The van der Waals surface area contributed by atoms with Crippen LogP contribution >= 0.6 is 0 Å². The first-order valence-corrected chi connectivity index (χ1v) is 4.60. The van der Waals surface area contributed by atoms with Crippen LogP contribution in [0.1, 0.15) is 17.0 Å². The van der Waals surface area contributed by atoms with Crippen molar-refractivity contribution < 1.29 is 5.11 Å². The van der Waals surface area contributed by atoms with E-state index in [0.717, 1.165) is 6.54 Å². The van der Waals surface area contributed by atoms with E-state index in [9.17, 15) is 0 Å². The van der Waals surface area contributed by atoms with Crippen molar-refractivity contribution in [3.05, 3.63) is 35.4 Å². The molecule has 0 heterocycles. The number of aryl methyl sites for hydroxylation is 1. The second-order valence-electron chi connectivity index (χ2n) is 3.35. The number of aliphatic hydroxyl groups is 1. The lowest BCUT2D eigenvalue weighted by molar-refractivity contribution is 0.263. The van der Waals surface area contributed by atoms with Crippen LogP contribution in [0, 0.1) is 6.92 Å². The van der Waals surface area contributed by atoms with Crippen molar-refractivity contribution in [2.45, 2.75) is 12.8 Å². The molecule has 0 spiro atoms. The zero-order valence-corrected chi connectivity index (χ0v) is 8.25. The molecule has 0 bridgehead atoms. The Morgan fingerprint density at radius 3 is 2.38 bits per heavy atom. The highest BCUT2D eigenvalue weighted by molar-refractivity contribution is 5.24. The first-order valence-electron chi connectivity index (χ1n) is 4.60. The minimum atomic E-state index is 0.198. The van der Waals surface area contributed by atoms with Crippen LogP contribution < -0.4 is 5.32 Å². The van der Waals surface area contributed by atoms with Gasteiger partial charge in [-0.1, -0.05) is 29.8 Å². The van der Waals surface area contributed by atoms with E-state index in [4.69, 9.17) is 5.11 Å². The molecule has 1 aromatic carbocycles. The van der Waals surface area contributed by atoms with Crippen LogP contribution in [0.25, 0.3) is 0 Å². The molecule has 1 aromatic rings. The average molecular weight is 179 g/mol. The van der Waals surface area contributed by atoms with Gasteiger partial charge in [-0.05, 0) is 19.5 Å². The number of hydrogen-bond donors (Lipinski definition) is 2. The summed E-state index contributed by atoms with van der Waals surface area (Å²) in [5, 5.41) is 12.2. The summed E-state index contributed by atoms with van der Waals surface area (Å²) in [5.41, 5.74) is 2.45. The number of hydrogen-bond acceptors (Lipinski definition) is 2. The van der Waals surface area contributed by atoms with Crippen molar-refractivity contribution in [3.63, 3.8) is 0 Å². The molecule has 0 aliphatic carbocycles. The summed E-state index contributed by atoms with van der Waals surface area (Å²) < 4.78 is 0. The predicted molar refractivity (Wildman–Crippen MR) is 54.9 cm³/mol. The minimum absolute atomic E-state index is 0.198. The zero-order valence-electron chi connectivity index (χ0n) is 8.25.